The van der Waals surface area contributed by atoms with Crippen LogP contribution in [0.2, 0.25) is 0 Å². The Hall–Kier alpha value is -2.51. The first-order chi connectivity index (χ1) is 12.0. The summed E-state index contributed by atoms with van der Waals surface area (Å²) in [5, 5.41) is 4.31. The van der Waals surface area contributed by atoms with Gasteiger partial charge in [0.1, 0.15) is 11.5 Å². The fraction of sp³-hybridized carbons (Fsp3) is 0.167. The standard InChI is InChI=1S/C18H16FN3O2S/c1-21-11-15-17(12-21)22(25(23,24)13-7-3-2-4-8-13)20-18(15)14-9-5-6-10-16(14)19/h2-10H,11-12H2,1H3. The van der Waals surface area contributed by atoms with Gasteiger partial charge in [-0.15, -0.1) is 0 Å². The zero-order valence-corrected chi connectivity index (χ0v) is 14.4. The third-order valence-electron chi connectivity index (χ3n) is 4.30. The Morgan fingerprint density at radius 1 is 1.00 bits per heavy atom. The number of fused-ring (bicyclic) bond motifs is 1. The minimum atomic E-state index is -3.83. The molecule has 5 nitrogen and oxygen atoms in total. The van der Waals surface area contributed by atoms with E-state index in [9.17, 15) is 12.8 Å². The van der Waals surface area contributed by atoms with Gasteiger partial charge in [0.05, 0.1) is 10.6 Å². The van der Waals surface area contributed by atoms with E-state index in [4.69, 9.17) is 0 Å². The quantitative estimate of drug-likeness (QED) is 0.723. The van der Waals surface area contributed by atoms with Crippen molar-refractivity contribution in [3.63, 3.8) is 0 Å². The Labute approximate surface area is 145 Å². The Kier molecular flexibility index (Phi) is 3.70. The lowest BCUT2D eigenvalue weighted by Crippen LogP contribution is -2.19. The summed E-state index contributed by atoms with van der Waals surface area (Å²) in [6, 6.07) is 14.4. The molecule has 0 saturated heterocycles. The van der Waals surface area contributed by atoms with Crippen molar-refractivity contribution in [3.8, 4) is 11.3 Å². The van der Waals surface area contributed by atoms with Crippen molar-refractivity contribution in [2.24, 2.45) is 0 Å². The minimum absolute atomic E-state index is 0.162. The zero-order chi connectivity index (χ0) is 17.6. The molecule has 2 heterocycles. The predicted octanol–water partition coefficient (Wildman–Crippen LogP) is 2.87. The molecule has 1 aliphatic heterocycles. The molecule has 3 aromatic rings. The molecule has 0 unspecified atom stereocenters. The number of hydrogen-bond donors (Lipinski definition) is 0. The Morgan fingerprint density at radius 3 is 2.40 bits per heavy atom. The molecule has 0 radical (unpaired) electrons. The molecule has 0 saturated carbocycles. The summed E-state index contributed by atoms with van der Waals surface area (Å²) in [6.45, 7) is 0.978. The van der Waals surface area contributed by atoms with Crippen molar-refractivity contribution in [3.05, 3.63) is 71.7 Å². The SMILES string of the molecule is CN1Cc2c(-c3ccccc3F)nn(S(=O)(=O)c3ccccc3)c2C1. The molecule has 0 spiro atoms. The third-order valence-corrected chi connectivity index (χ3v) is 5.93. The predicted molar refractivity (Wildman–Crippen MR) is 91.8 cm³/mol. The molecular weight excluding hydrogens is 341 g/mol. The average Bonchev–Trinajstić information content (AvgIpc) is 3.14. The second-order valence-electron chi connectivity index (χ2n) is 6.09. The highest BCUT2D eigenvalue weighted by atomic mass is 32.2. The highest BCUT2D eigenvalue weighted by Gasteiger charge is 2.32. The summed E-state index contributed by atoms with van der Waals surface area (Å²) in [6.07, 6.45) is 0. The van der Waals surface area contributed by atoms with Crippen LogP contribution >= 0.6 is 0 Å². The molecule has 0 bridgehead atoms. The van der Waals surface area contributed by atoms with Crippen molar-refractivity contribution in [1.29, 1.82) is 0 Å². The number of rotatable bonds is 3. The van der Waals surface area contributed by atoms with Crippen LogP contribution in [-0.2, 0) is 23.1 Å². The Balaban J connectivity index is 1.95. The van der Waals surface area contributed by atoms with E-state index < -0.39 is 15.8 Å². The smallest absolute Gasteiger partial charge is 0.283 e. The number of hydrogen-bond acceptors (Lipinski definition) is 4. The van der Waals surface area contributed by atoms with E-state index in [0.29, 0.717) is 30.0 Å². The van der Waals surface area contributed by atoms with Crippen LogP contribution in [0.4, 0.5) is 4.39 Å². The van der Waals surface area contributed by atoms with Gasteiger partial charge in [0.15, 0.2) is 0 Å². The molecule has 7 heteroatoms. The van der Waals surface area contributed by atoms with Crippen LogP contribution in [-0.4, -0.2) is 29.6 Å². The monoisotopic (exact) mass is 357 g/mol. The van der Waals surface area contributed by atoms with Crippen molar-refractivity contribution < 1.29 is 12.8 Å². The van der Waals surface area contributed by atoms with Gasteiger partial charge < -0.3 is 0 Å². The van der Waals surface area contributed by atoms with E-state index in [1.807, 2.05) is 11.9 Å². The topological polar surface area (TPSA) is 55.2 Å². The van der Waals surface area contributed by atoms with Gasteiger partial charge >= 0.3 is 0 Å². The fourth-order valence-corrected chi connectivity index (χ4v) is 4.48. The first kappa shape index (κ1) is 16.0. The highest BCUT2D eigenvalue weighted by Crippen LogP contribution is 2.34. The maximum absolute atomic E-state index is 14.3. The minimum Gasteiger partial charge on any atom is -0.296 e. The molecule has 4 rings (SSSR count). The van der Waals surface area contributed by atoms with Crippen molar-refractivity contribution in [2.45, 2.75) is 18.0 Å². The van der Waals surface area contributed by atoms with Crippen molar-refractivity contribution in [2.75, 3.05) is 7.05 Å². The normalized spacial score (nSPS) is 14.6. The van der Waals surface area contributed by atoms with E-state index in [2.05, 4.69) is 5.10 Å². The van der Waals surface area contributed by atoms with Gasteiger partial charge in [0, 0.05) is 24.2 Å². The molecule has 0 atom stereocenters. The Morgan fingerprint density at radius 2 is 1.68 bits per heavy atom. The van der Waals surface area contributed by atoms with Gasteiger partial charge in [0.2, 0.25) is 0 Å². The number of benzene rings is 2. The second-order valence-corrected chi connectivity index (χ2v) is 7.85. The molecule has 0 amide bonds. The maximum Gasteiger partial charge on any atom is 0.283 e. The van der Waals surface area contributed by atoms with Crippen LogP contribution in [0.3, 0.4) is 0 Å². The number of aromatic nitrogens is 2. The van der Waals surface area contributed by atoms with E-state index in [1.165, 1.54) is 18.2 Å². The van der Waals surface area contributed by atoms with Gasteiger partial charge in [-0.1, -0.05) is 30.3 Å². The molecule has 128 valence electrons. The van der Waals surface area contributed by atoms with Crippen LogP contribution in [0.5, 0.6) is 0 Å². The number of halogens is 1. The molecule has 0 N–H and O–H groups in total. The molecule has 1 aliphatic rings. The summed E-state index contributed by atoms with van der Waals surface area (Å²) in [4.78, 5) is 2.14. The summed E-state index contributed by atoms with van der Waals surface area (Å²) < 4.78 is 41.4. The van der Waals surface area contributed by atoms with E-state index in [0.717, 1.165) is 9.65 Å². The summed E-state index contributed by atoms with van der Waals surface area (Å²) in [5.41, 5.74) is 2.05. The molecular formula is C18H16FN3O2S. The second kappa shape index (κ2) is 5.79. The molecule has 1 aromatic heterocycles. The summed E-state index contributed by atoms with van der Waals surface area (Å²) >= 11 is 0. The van der Waals surface area contributed by atoms with Gasteiger partial charge in [-0.3, -0.25) is 4.90 Å². The van der Waals surface area contributed by atoms with E-state index in [-0.39, 0.29) is 4.90 Å². The van der Waals surface area contributed by atoms with Gasteiger partial charge in [-0.2, -0.15) is 17.6 Å². The first-order valence-corrected chi connectivity index (χ1v) is 9.27. The van der Waals surface area contributed by atoms with Gasteiger partial charge in [-0.25, -0.2) is 4.39 Å². The van der Waals surface area contributed by atoms with Crippen LogP contribution in [0.25, 0.3) is 11.3 Å². The van der Waals surface area contributed by atoms with Crippen LogP contribution in [0.1, 0.15) is 11.3 Å². The van der Waals surface area contributed by atoms with Crippen molar-refractivity contribution >= 4 is 10.0 Å². The maximum atomic E-state index is 14.3. The highest BCUT2D eigenvalue weighted by molar-refractivity contribution is 7.89. The molecule has 0 fully saturated rings. The zero-order valence-electron chi connectivity index (χ0n) is 13.6. The third kappa shape index (κ3) is 2.56. The molecule has 25 heavy (non-hydrogen) atoms. The van der Waals surface area contributed by atoms with Gasteiger partial charge in [-0.05, 0) is 31.3 Å². The average molecular weight is 357 g/mol. The van der Waals surface area contributed by atoms with E-state index >= 15 is 0 Å². The summed E-state index contributed by atoms with van der Waals surface area (Å²) in [5.74, 6) is -0.415. The lowest BCUT2D eigenvalue weighted by Gasteiger charge is -2.10. The first-order valence-electron chi connectivity index (χ1n) is 7.83. The van der Waals surface area contributed by atoms with E-state index in [1.54, 1.807) is 36.4 Å². The summed E-state index contributed by atoms with van der Waals surface area (Å²) in [7, 11) is -1.94. The molecule has 0 aliphatic carbocycles. The van der Waals surface area contributed by atoms with Crippen LogP contribution < -0.4 is 0 Å². The number of nitrogens with zero attached hydrogens (tertiary/aromatic N) is 3. The lowest BCUT2D eigenvalue weighted by molar-refractivity contribution is 0.347. The lowest BCUT2D eigenvalue weighted by atomic mass is 10.1. The van der Waals surface area contributed by atoms with Gasteiger partial charge in [0.25, 0.3) is 10.0 Å². The fourth-order valence-electron chi connectivity index (χ4n) is 3.13. The Bertz CT molecular complexity index is 1050. The van der Waals surface area contributed by atoms with Crippen LogP contribution in [0, 0.1) is 5.82 Å². The molecule has 2 aromatic carbocycles. The van der Waals surface area contributed by atoms with Crippen molar-refractivity contribution in [1.82, 2.24) is 14.1 Å². The largest absolute Gasteiger partial charge is 0.296 e. The van der Waals surface area contributed by atoms with Crippen LogP contribution in [0.15, 0.2) is 59.5 Å².